The van der Waals surface area contributed by atoms with Crippen molar-refractivity contribution in [1.29, 1.82) is 0 Å². The van der Waals surface area contributed by atoms with Gasteiger partial charge in [-0.1, -0.05) is 0 Å². The van der Waals surface area contributed by atoms with E-state index < -0.39 is 5.97 Å². The Hall–Kier alpha value is -2.04. The van der Waals surface area contributed by atoms with Crippen molar-refractivity contribution in [2.75, 3.05) is 14.2 Å². The molecule has 110 valence electrons. The molecule has 0 spiro atoms. The molecule has 5 nitrogen and oxygen atoms in total. The van der Waals surface area contributed by atoms with E-state index in [0.29, 0.717) is 36.3 Å². The number of aryl methyl sites for hydroxylation is 1. The highest BCUT2D eigenvalue weighted by Crippen LogP contribution is 2.30. The molecule has 0 atom stereocenters. The van der Waals surface area contributed by atoms with Crippen LogP contribution in [0.5, 0.6) is 11.5 Å². The van der Waals surface area contributed by atoms with Crippen molar-refractivity contribution in [3.8, 4) is 11.5 Å². The summed E-state index contributed by atoms with van der Waals surface area (Å²) in [7, 11) is 3.07. The summed E-state index contributed by atoms with van der Waals surface area (Å²) in [6, 6.07) is 3.44. The molecule has 0 saturated carbocycles. The standard InChI is InChI=1S/C15H20O5/c1-10-8-13(19-2)14(20-3)9-11(10)12(16)6-4-5-7-15(17)18/h8-9H,4-7H2,1-3H3,(H,17,18). The lowest BCUT2D eigenvalue weighted by Gasteiger charge is -2.12. The Morgan fingerprint density at radius 2 is 1.60 bits per heavy atom. The van der Waals surface area contributed by atoms with Crippen molar-refractivity contribution in [2.24, 2.45) is 0 Å². The monoisotopic (exact) mass is 280 g/mol. The Morgan fingerprint density at radius 3 is 2.15 bits per heavy atom. The molecule has 0 saturated heterocycles. The Bertz CT molecular complexity index is 493. The average molecular weight is 280 g/mol. The summed E-state index contributed by atoms with van der Waals surface area (Å²) < 4.78 is 10.4. The molecular formula is C15H20O5. The fourth-order valence-corrected chi connectivity index (χ4v) is 1.98. The maximum absolute atomic E-state index is 12.1. The van der Waals surface area contributed by atoms with Gasteiger partial charge < -0.3 is 14.6 Å². The van der Waals surface area contributed by atoms with Crippen LogP contribution in [0.2, 0.25) is 0 Å². The van der Waals surface area contributed by atoms with E-state index >= 15 is 0 Å². The molecule has 0 radical (unpaired) electrons. The van der Waals surface area contributed by atoms with Crippen LogP contribution >= 0.6 is 0 Å². The fourth-order valence-electron chi connectivity index (χ4n) is 1.98. The van der Waals surface area contributed by atoms with E-state index in [1.807, 2.05) is 6.92 Å². The predicted octanol–water partition coefficient (Wildman–Crippen LogP) is 2.84. The molecule has 1 aromatic rings. The molecule has 5 heteroatoms. The Kier molecular flexibility index (Phi) is 6.03. The molecule has 0 aliphatic carbocycles. The number of ether oxygens (including phenoxy) is 2. The molecule has 20 heavy (non-hydrogen) atoms. The van der Waals surface area contributed by atoms with Gasteiger partial charge in [-0.15, -0.1) is 0 Å². The Labute approximate surface area is 118 Å². The third-order valence-electron chi connectivity index (χ3n) is 3.08. The lowest BCUT2D eigenvalue weighted by molar-refractivity contribution is -0.137. The predicted molar refractivity (Wildman–Crippen MR) is 74.7 cm³/mol. The largest absolute Gasteiger partial charge is 0.493 e. The fraction of sp³-hybridized carbons (Fsp3) is 0.467. The van der Waals surface area contributed by atoms with E-state index in [1.165, 1.54) is 7.11 Å². The van der Waals surface area contributed by atoms with E-state index in [4.69, 9.17) is 14.6 Å². The number of carbonyl (C=O) groups excluding carboxylic acids is 1. The quantitative estimate of drug-likeness (QED) is 0.585. The van der Waals surface area contributed by atoms with Crippen LogP contribution in [0, 0.1) is 6.92 Å². The maximum Gasteiger partial charge on any atom is 0.303 e. The van der Waals surface area contributed by atoms with Crippen molar-refractivity contribution in [3.63, 3.8) is 0 Å². The number of aliphatic carboxylic acids is 1. The van der Waals surface area contributed by atoms with Crippen molar-refractivity contribution in [3.05, 3.63) is 23.3 Å². The van der Waals surface area contributed by atoms with Crippen molar-refractivity contribution in [1.82, 2.24) is 0 Å². The number of ketones is 1. The number of unbranched alkanes of at least 4 members (excludes halogenated alkanes) is 1. The van der Waals surface area contributed by atoms with Crippen LogP contribution in [-0.2, 0) is 4.79 Å². The zero-order valence-electron chi connectivity index (χ0n) is 12.1. The second-order valence-electron chi connectivity index (χ2n) is 4.55. The third kappa shape index (κ3) is 4.26. The molecule has 0 amide bonds. The summed E-state index contributed by atoms with van der Waals surface area (Å²) in [5.41, 5.74) is 1.42. The highest BCUT2D eigenvalue weighted by molar-refractivity contribution is 5.98. The van der Waals surface area contributed by atoms with Gasteiger partial charge in [-0.05, 0) is 37.5 Å². The minimum atomic E-state index is -0.834. The highest BCUT2D eigenvalue weighted by atomic mass is 16.5. The Morgan fingerprint density at radius 1 is 1.05 bits per heavy atom. The first-order valence-electron chi connectivity index (χ1n) is 6.47. The maximum atomic E-state index is 12.1. The first-order chi connectivity index (χ1) is 9.49. The first-order valence-corrected chi connectivity index (χ1v) is 6.47. The van der Waals surface area contributed by atoms with E-state index in [1.54, 1.807) is 19.2 Å². The van der Waals surface area contributed by atoms with Gasteiger partial charge >= 0.3 is 5.97 Å². The molecule has 0 aliphatic heterocycles. The van der Waals surface area contributed by atoms with E-state index in [9.17, 15) is 9.59 Å². The number of carboxylic acids is 1. The molecule has 0 bridgehead atoms. The van der Waals surface area contributed by atoms with Crippen LogP contribution in [0.3, 0.4) is 0 Å². The first kappa shape index (κ1) is 16.0. The summed E-state index contributed by atoms with van der Waals surface area (Å²) >= 11 is 0. The zero-order valence-corrected chi connectivity index (χ0v) is 12.1. The average Bonchev–Trinajstić information content (AvgIpc) is 2.42. The van der Waals surface area contributed by atoms with Crippen LogP contribution in [0.1, 0.15) is 41.6 Å². The third-order valence-corrected chi connectivity index (χ3v) is 3.08. The molecule has 0 fully saturated rings. The zero-order chi connectivity index (χ0) is 15.1. The topological polar surface area (TPSA) is 72.8 Å². The number of hydrogen-bond acceptors (Lipinski definition) is 4. The number of Topliss-reactive ketones (excluding diaryl/α,β-unsaturated/α-hetero) is 1. The number of rotatable bonds is 8. The second kappa shape index (κ2) is 7.53. The van der Waals surface area contributed by atoms with Gasteiger partial charge in [0, 0.05) is 18.4 Å². The van der Waals surface area contributed by atoms with E-state index in [-0.39, 0.29) is 12.2 Å². The van der Waals surface area contributed by atoms with Gasteiger partial charge in [0.25, 0.3) is 0 Å². The molecule has 0 aromatic heterocycles. The SMILES string of the molecule is COc1cc(C)c(C(=O)CCCCC(=O)O)cc1OC. The molecule has 1 rings (SSSR count). The molecule has 1 N–H and O–H groups in total. The number of benzene rings is 1. The summed E-state index contributed by atoms with van der Waals surface area (Å²) in [6.45, 7) is 1.84. The van der Waals surface area contributed by atoms with Gasteiger partial charge in [-0.25, -0.2) is 0 Å². The van der Waals surface area contributed by atoms with Crippen molar-refractivity contribution >= 4 is 11.8 Å². The lowest BCUT2D eigenvalue weighted by Crippen LogP contribution is -2.04. The van der Waals surface area contributed by atoms with Crippen LogP contribution in [0.25, 0.3) is 0 Å². The molecule has 0 unspecified atom stereocenters. The van der Waals surface area contributed by atoms with Gasteiger partial charge in [0.2, 0.25) is 0 Å². The summed E-state index contributed by atoms with van der Waals surface area (Å²) in [4.78, 5) is 22.5. The van der Waals surface area contributed by atoms with Crippen LogP contribution < -0.4 is 9.47 Å². The molecule has 0 heterocycles. The van der Waals surface area contributed by atoms with Gasteiger partial charge in [0.05, 0.1) is 14.2 Å². The summed E-state index contributed by atoms with van der Waals surface area (Å²) in [6.07, 6.45) is 1.51. The van der Waals surface area contributed by atoms with Gasteiger partial charge in [0.15, 0.2) is 17.3 Å². The number of carbonyl (C=O) groups is 2. The normalized spacial score (nSPS) is 10.2. The minimum Gasteiger partial charge on any atom is -0.493 e. The van der Waals surface area contributed by atoms with E-state index in [0.717, 1.165) is 5.56 Å². The smallest absolute Gasteiger partial charge is 0.303 e. The van der Waals surface area contributed by atoms with Gasteiger partial charge in [0.1, 0.15) is 0 Å². The summed E-state index contributed by atoms with van der Waals surface area (Å²) in [5, 5.41) is 8.55. The van der Waals surface area contributed by atoms with Crippen LogP contribution in [0.15, 0.2) is 12.1 Å². The molecule has 1 aromatic carbocycles. The minimum absolute atomic E-state index is 0.00570. The molecule has 0 aliphatic rings. The second-order valence-corrected chi connectivity index (χ2v) is 4.55. The van der Waals surface area contributed by atoms with Crippen molar-refractivity contribution in [2.45, 2.75) is 32.6 Å². The number of carboxylic acid groups (broad SMARTS) is 1. The lowest BCUT2D eigenvalue weighted by atomic mass is 9.99. The Balaban J connectivity index is 2.75. The molecular weight excluding hydrogens is 260 g/mol. The number of hydrogen-bond donors (Lipinski definition) is 1. The van der Waals surface area contributed by atoms with Crippen LogP contribution in [0.4, 0.5) is 0 Å². The van der Waals surface area contributed by atoms with E-state index in [2.05, 4.69) is 0 Å². The van der Waals surface area contributed by atoms with Crippen LogP contribution in [-0.4, -0.2) is 31.1 Å². The van der Waals surface area contributed by atoms with Gasteiger partial charge in [-0.2, -0.15) is 0 Å². The highest BCUT2D eigenvalue weighted by Gasteiger charge is 2.14. The number of methoxy groups -OCH3 is 2. The van der Waals surface area contributed by atoms with Crippen molar-refractivity contribution < 1.29 is 24.2 Å². The van der Waals surface area contributed by atoms with Gasteiger partial charge in [-0.3, -0.25) is 9.59 Å². The summed E-state index contributed by atoms with van der Waals surface area (Å²) in [5.74, 6) is 0.271.